The summed E-state index contributed by atoms with van der Waals surface area (Å²) < 4.78 is 26.4. The Morgan fingerprint density at radius 3 is 2.93 bits per heavy atom. The predicted octanol–water partition coefficient (Wildman–Crippen LogP) is 0.766. The second kappa shape index (κ2) is 7.56. The highest BCUT2D eigenvalue weighted by Crippen LogP contribution is 2.43. The van der Waals surface area contributed by atoms with Gasteiger partial charge in [-0.05, 0) is 12.1 Å². The minimum Gasteiger partial charge on any atom is -0.444 e. The van der Waals surface area contributed by atoms with E-state index < -0.39 is 6.09 Å². The molecule has 9 heteroatoms. The fraction of sp³-hybridized carbons (Fsp3) is 0.579. The molecule has 1 aromatic rings. The second-order valence-corrected chi connectivity index (χ2v) is 7.41. The molecular weight excluding hydrogens is 367 g/mol. The Hall–Kier alpha value is -2.39. The molecule has 3 aliphatic rings. The minimum absolute atomic E-state index is 0.113. The van der Waals surface area contributed by atoms with E-state index in [-0.39, 0.29) is 30.0 Å². The van der Waals surface area contributed by atoms with Crippen LogP contribution in [0.4, 0.5) is 20.6 Å². The second-order valence-electron chi connectivity index (χ2n) is 7.41. The van der Waals surface area contributed by atoms with E-state index in [2.05, 4.69) is 5.32 Å². The highest BCUT2D eigenvalue weighted by molar-refractivity contribution is 5.94. The van der Waals surface area contributed by atoms with Gasteiger partial charge in [-0.1, -0.05) is 0 Å². The number of hydrogen-bond donors (Lipinski definition) is 2. The molecule has 152 valence electrons. The Balaban J connectivity index is 1.54. The van der Waals surface area contributed by atoms with E-state index in [4.69, 9.17) is 15.2 Å². The van der Waals surface area contributed by atoms with Crippen molar-refractivity contribution in [2.45, 2.75) is 38.0 Å². The fourth-order valence-corrected chi connectivity index (χ4v) is 4.26. The van der Waals surface area contributed by atoms with Crippen molar-refractivity contribution in [2.24, 2.45) is 5.73 Å². The Labute approximate surface area is 162 Å². The van der Waals surface area contributed by atoms with Gasteiger partial charge in [0.15, 0.2) is 5.82 Å². The van der Waals surface area contributed by atoms with Crippen LogP contribution in [0.25, 0.3) is 0 Å². The Morgan fingerprint density at radius 1 is 1.39 bits per heavy atom. The van der Waals surface area contributed by atoms with Crippen molar-refractivity contribution in [3.8, 4) is 0 Å². The SMILES string of the molecule is CC(=O)NCC[C@@H]1OC(=O)N2c3ccc(N4CCO[C@H](CN)C4)c(F)c3C[C@@H]12. The highest BCUT2D eigenvalue weighted by Gasteiger charge is 2.48. The molecule has 8 nitrogen and oxygen atoms in total. The van der Waals surface area contributed by atoms with Crippen LogP contribution >= 0.6 is 0 Å². The van der Waals surface area contributed by atoms with Gasteiger partial charge in [0.2, 0.25) is 5.91 Å². The summed E-state index contributed by atoms with van der Waals surface area (Å²) in [6.45, 7) is 3.89. The Morgan fingerprint density at radius 2 is 2.18 bits per heavy atom. The first-order valence-electron chi connectivity index (χ1n) is 9.62. The average Bonchev–Trinajstić information content (AvgIpc) is 3.21. The standard InChI is InChI=1S/C19H25FN4O4/c1-11(25)22-5-4-17-16-8-13-14(24(16)19(26)28-17)2-3-15(18(13)20)23-6-7-27-12(9-21)10-23/h2-3,12,16-17H,4-10,21H2,1H3,(H,22,25)/t12-,16+,17+/m1/s1. The van der Waals surface area contributed by atoms with Crippen molar-refractivity contribution in [1.82, 2.24) is 5.32 Å². The summed E-state index contributed by atoms with van der Waals surface area (Å²) in [5.41, 5.74) is 7.32. The van der Waals surface area contributed by atoms with E-state index in [1.54, 1.807) is 17.0 Å². The van der Waals surface area contributed by atoms with E-state index in [1.165, 1.54) is 6.92 Å². The monoisotopic (exact) mass is 392 g/mol. The molecule has 3 heterocycles. The number of anilines is 2. The van der Waals surface area contributed by atoms with Crippen molar-refractivity contribution < 1.29 is 23.5 Å². The number of benzene rings is 1. The molecule has 1 aromatic carbocycles. The lowest BCUT2D eigenvalue weighted by Gasteiger charge is -2.34. The molecule has 0 aromatic heterocycles. The number of halogens is 1. The number of amides is 2. The first kappa shape index (κ1) is 18.9. The van der Waals surface area contributed by atoms with Crippen molar-refractivity contribution in [3.05, 3.63) is 23.5 Å². The molecule has 3 aliphatic heterocycles. The van der Waals surface area contributed by atoms with Crippen LogP contribution < -0.4 is 20.9 Å². The fourth-order valence-electron chi connectivity index (χ4n) is 4.26. The first-order chi connectivity index (χ1) is 13.5. The van der Waals surface area contributed by atoms with Crippen molar-refractivity contribution >= 4 is 23.4 Å². The summed E-state index contributed by atoms with van der Waals surface area (Å²) in [6, 6.07) is 3.26. The third-order valence-corrected chi connectivity index (χ3v) is 5.63. The molecule has 0 bridgehead atoms. The van der Waals surface area contributed by atoms with Crippen LogP contribution in [0.1, 0.15) is 18.9 Å². The third-order valence-electron chi connectivity index (χ3n) is 5.63. The van der Waals surface area contributed by atoms with Gasteiger partial charge in [0.1, 0.15) is 6.10 Å². The minimum atomic E-state index is -0.460. The van der Waals surface area contributed by atoms with E-state index in [1.807, 2.05) is 4.90 Å². The van der Waals surface area contributed by atoms with Gasteiger partial charge in [0.05, 0.1) is 30.1 Å². The maximum atomic E-state index is 15.4. The number of cyclic esters (lactones) is 1. The molecule has 3 atom stereocenters. The number of morpholine rings is 1. The van der Waals surface area contributed by atoms with Crippen LogP contribution in [0, 0.1) is 5.82 Å². The van der Waals surface area contributed by atoms with Gasteiger partial charge in [-0.2, -0.15) is 0 Å². The summed E-state index contributed by atoms with van der Waals surface area (Å²) in [5.74, 6) is -0.425. The molecule has 3 N–H and O–H groups in total. The lowest BCUT2D eigenvalue weighted by Crippen LogP contribution is -2.46. The van der Waals surface area contributed by atoms with Gasteiger partial charge < -0.3 is 25.4 Å². The number of hydrogen-bond acceptors (Lipinski definition) is 6. The molecule has 0 saturated carbocycles. The molecule has 0 aliphatic carbocycles. The molecule has 0 spiro atoms. The zero-order valence-electron chi connectivity index (χ0n) is 15.8. The quantitative estimate of drug-likeness (QED) is 0.768. The van der Waals surface area contributed by atoms with Crippen molar-refractivity contribution in [2.75, 3.05) is 42.6 Å². The van der Waals surface area contributed by atoms with Gasteiger partial charge in [-0.15, -0.1) is 0 Å². The van der Waals surface area contributed by atoms with Crippen LogP contribution in [-0.2, 0) is 20.7 Å². The Bertz CT molecular complexity index is 789. The molecule has 2 saturated heterocycles. The number of nitrogens with two attached hydrogens (primary N) is 1. The summed E-state index contributed by atoms with van der Waals surface area (Å²) in [6.07, 6.45) is -0.0530. The smallest absolute Gasteiger partial charge is 0.415 e. The number of ether oxygens (including phenoxy) is 2. The first-order valence-corrected chi connectivity index (χ1v) is 9.62. The maximum Gasteiger partial charge on any atom is 0.415 e. The number of fused-ring (bicyclic) bond motifs is 3. The van der Waals surface area contributed by atoms with E-state index in [0.29, 0.717) is 62.6 Å². The maximum absolute atomic E-state index is 15.4. The topological polar surface area (TPSA) is 97.1 Å². The van der Waals surface area contributed by atoms with Crippen LogP contribution in [0.15, 0.2) is 12.1 Å². The van der Waals surface area contributed by atoms with Gasteiger partial charge >= 0.3 is 6.09 Å². The lowest BCUT2D eigenvalue weighted by molar-refractivity contribution is -0.119. The van der Waals surface area contributed by atoms with Crippen LogP contribution in [-0.4, -0.2) is 63.0 Å². The van der Waals surface area contributed by atoms with Crippen molar-refractivity contribution in [1.29, 1.82) is 0 Å². The van der Waals surface area contributed by atoms with E-state index >= 15 is 4.39 Å². The van der Waals surface area contributed by atoms with Crippen LogP contribution in [0.3, 0.4) is 0 Å². The largest absolute Gasteiger partial charge is 0.444 e. The molecule has 0 unspecified atom stereocenters. The zero-order chi connectivity index (χ0) is 19.8. The van der Waals surface area contributed by atoms with Crippen LogP contribution in [0.2, 0.25) is 0 Å². The number of carbonyl (C=O) groups is 2. The molecule has 2 amide bonds. The molecule has 28 heavy (non-hydrogen) atoms. The van der Waals surface area contributed by atoms with E-state index in [0.717, 1.165) is 0 Å². The highest BCUT2D eigenvalue weighted by atomic mass is 19.1. The zero-order valence-corrected chi connectivity index (χ0v) is 15.8. The van der Waals surface area contributed by atoms with E-state index in [9.17, 15) is 9.59 Å². The van der Waals surface area contributed by atoms with Crippen LogP contribution in [0.5, 0.6) is 0 Å². The predicted molar refractivity (Wildman–Crippen MR) is 101 cm³/mol. The van der Waals surface area contributed by atoms with Gasteiger partial charge in [-0.25, -0.2) is 9.18 Å². The summed E-state index contributed by atoms with van der Waals surface area (Å²) >= 11 is 0. The average molecular weight is 392 g/mol. The lowest BCUT2D eigenvalue weighted by atomic mass is 10.0. The number of nitrogens with one attached hydrogen (secondary N) is 1. The molecule has 2 fully saturated rings. The number of nitrogens with zero attached hydrogens (tertiary/aromatic N) is 2. The number of carbonyl (C=O) groups excluding carboxylic acids is 2. The van der Waals surface area contributed by atoms with Gasteiger partial charge in [-0.3, -0.25) is 9.69 Å². The van der Waals surface area contributed by atoms with Crippen molar-refractivity contribution in [3.63, 3.8) is 0 Å². The summed E-state index contributed by atoms with van der Waals surface area (Å²) in [4.78, 5) is 26.9. The number of rotatable bonds is 5. The summed E-state index contributed by atoms with van der Waals surface area (Å²) in [5, 5.41) is 2.71. The summed E-state index contributed by atoms with van der Waals surface area (Å²) in [7, 11) is 0. The molecule has 4 rings (SSSR count). The molecular formula is C19H25FN4O4. The third kappa shape index (κ3) is 3.29. The Kier molecular flexibility index (Phi) is 5.11. The van der Waals surface area contributed by atoms with Gasteiger partial charge in [0.25, 0.3) is 0 Å². The normalized spacial score (nSPS) is 26.1. The van der Waals surface area contributed by atoms with Gasteiger partial charge in [0, 0.05) is 51.5 Å². The molecule has 0 radical (unpaired) electrons.